The van der Waals surface area contributed by atoms with Gasteiger partial charge in [-0.15, -0.1) is 0 Å². The second kappa shape index (κ2) is 6.19. The van der Waals surface area contributed by atoms with Gasteiger partial charge in [0, 0.05) is 19.4 Å². The topological polar surface area (TPSA) is 57.6 Å². The largest absolute Gasteiger partial charge is 0.480 e. The summed E-state index contributed by atoms with van der Waals surface area (Å²) >= 11 is 0. The van der Waals surface area contributed by atoms with E-state index in [1.54, 1.807) is 6.92 Å². The number of benzene rings is 1. The maximum Gasteiger partial charge on any atom is 0.327 e. The van der Waals surface area contributed by atoms with Crippen molar-refractivity contribution in [2.24, 2.45) is 0 Å². The van der Waals surface area contributed by atoms with Crippen LogP contribution in [0.5, 0.6) is 0 Å². The van der Waals surface area contributed by atoms with Crippen molar-refractivity contribution in [3.63, 3.8) is 0 Å². The molecule has 0 fully saturated rings. The van der Waals surface area contributed by atoms with Crippen molar-refractivity contribution in [1.82, 2.24) is 4.90 Å². The number of carboxylic acid groups (broad SMARTS) is 1. The fourth-order valence-corrected chi connectivity index (χ4v) is 2.17. The second-order valence-corrected chi connectivity index (χ2v) is 4.29. The monoisotopic (exact) mass is 249 g/mol. The molecule has 0 saturated carbocycles. The first-order valence-corrected chi connectivity index (χ1v) is 6.04. The molecule has 1 aromatic carbocycles. The molecule has 4 heteroatoms. The first kappa shape index (κ1) is 14.2. The predicted molar refractivity (Wildman–Crippen MR) is 69.3 cm³/mol. The van der Waals surface area contributed by atoms with Gasteiger partial charge >= 0.3 is 5.97 Å². The van der Waals surface area contributed by atoms with Crippen molar-refractivity contribution in [1.29, 1.82) is 0 Å². The average Bonchev–Trinajstić information content (AvgIpc) is 2.35. The fourth-order valence-electron chi connectivity index (χ4n) is 2.17. The molecule has 0 radical (unpaired) electrons. The van der Waals surface area contributed by atoms with Gasteiger partial charge in [-0.05, 0) is 12.5 Å². The molecule has 0 aromatic heterocycles. The zero-order valence-electron chi connectivity index (χ0n) is 11.0. The van der Waals surface area contributed by atoms with Crippen molar-refractivity contribution in [2.75, 3.05) is 6.54 Å². The first-order chi connectivity index (χ1) is 8.49. The van der Waals surface area contributed by atoms with Crippen molar-refractivity contribution in [3.05, 3.63) is 35.9 Å². The van der Waals surface area contributed by atoms with Crippen LogP contribution in [0, 0.1) is 0 Å². The highest BCUT2D eigenvalue weighted by Gasteiger charge is 2.32. The summed E-state index contributed by atoms with van der Waals surface area (Å²) in [4.78, 5) is 24.3. The second-order valence-electron chi connectivity index (χ2n) is 4.29. The molecule has 0 aliphatic carbocycles. The summed E-state index contributed by atoms with van der Waals surface area (Å²) in [6.07, 6.45) is 0. The van der Waals surface area contributed by atoms with E-state index in [0.717, 1.165) is 5.56 Å². The molecule has 0 aliphatic heterocycles. The molecule has 1 rings (SSSR count). The van der Waals surface area contributed by atoms with Gasteiger partial charge in [0.15, 0.2) is 0 Å². The third-order valence-electron chi connectivity index (χ3n) is 3.13. The summed E-state index contributed by atoms with van der Waals surface area (Å²) in [7, 11) is 0. The lowest BCUT2D eigenvalue weighted by Gasteiger charge is -2.31. The summed E-state index contributed by atoms with van der Waals surface area (Å²) in [6.45, 7) is 5.41. The van der Waals surface area contributed by atoms with Gasteiger partial charge in [0.05, 0.1) is 0 Å². The van der Waals surface area contributed by atoms with Crippen LogP contribution in [0.15, 0.2) is 30.3 Å². The molecular weight excluding hydrogens is 230 g/mol. The number of likely N-dealkylation sites (N-methyl/N-ethyl adjacent to an activating group) is 1. The molecule has 1 aromatic rings. The van der Waals surface area contributed by atoms with E-state index >= 15 is 0 Å². The van der Waals surface area contributed by atoms with E-state index in [2.05, 4.69) is 0 Å². The molecule has 4 nitrogen and oxygen atoms in total. The first-order valence-electron chi connectivity index (χ1n) is 6.04. The summed E-state index contributed by atoms with van der Waals surface area (Å²) in [5.74, 6) is -1.43. The van der Waals surface area contributed by atoms with Crippen LogP contribution in [0.3, 0.4) is 0 Å². The fraction of sp³-hybridized carbons (Fsp3) is 0.429. The molecule has 18 heavy (non-hydrogen) atoms. The number of nitrogens with zero attached hydrogens (tertiary/aromatic N) is 1. The molecule has 0 saturated heterocycles. The Hall–Kier alpha value is -1.84. The maximum atomic E-state index is 11.5. The third kappa shape index (κ3) is 3.09. The van der Waals surface area contributed by atoms with E-state index in [4.69, 9.17) is 0 Å². The van der Waals surface area contributed by atoms with Crippen molar-refractivity contribution in [3.8, 4) is 0 Å². The smallest absolute Gasteiger partial charge is 0.327 e. The van der Waals surface area contributed by atoms with Gasteiger partial charge < -0.3 is 10.0 Å². The quantitative estimate of drug-likeness (QED) is 0.869. The van der Waals surface area contributed by atoms with Crippen LogP contribution in [-0.4, -0.2) is 34.5 Å². The highest BCUT2D eigenvalue weighted by atomic mass is 16.4. The van der Waals surface area contributed by atoms with Crippen LogP contribution < -0.4 is 0 Å². The molecule has 2 unspecified atom stereocenters. The number of carbonyl (C=O) groups excluding carboxylic acids is 1. The molecule has 0 heterocycles. The zero-order chi connectivity index (χ0) is 13.7. The van der Waals surface area contributed by atoms with E-state index in [-0.39, 0.29) is 11.8 Å². The number of carbonyl (C=O) groups is 2. The standard InChI is InChI=1S/C14H19NO3/c1-4-15(11(3)16)13(14(17)18)10(2)12-8-6-5-7-9-12/h5-10,13H,4H2,1-3H3,(H,17,18). The van der Waals surface area contributed by atoms with E-state index in [0.29, 0.717) is 6.54 Å². The minimum atomic E-state index is -0.969. The number of hydrogen-bond acceptors (Lipinski definition) is 2. The van der Waals surface area contributed by atoms with Crippen LogP contribution in [0.4, 0.5) is 0 Å². The highest BCUT2D eigenvalue weighted by Crippen LogP contribution is 2.23. The van der Waals surface area contributed by atoms with E-state index in [1.165, 1.54) is 11.8 Å². The minimum absolute atomic E-state index is 0.215. The summed E-state index contributed by atoms with van der Waals surface area (Å²) in [6, 6.07) is 8.57. The summed E-state index contributed by atoms with van der Waals surface area (Å²) in [5, 5.41) is 9.36. The number of aliphatic carboxylic acids is 1. The van der Waals surface area contributed by atoms with Gasteiger partial charge in [0.1, 0.15) is 6.04 Å². The summed E-state index contributed by atoms with van der Waals surface area (Å²) in [5.41, 5.74) is 0.921. The highest BCUT2D eigenvalue weighted by molar-refractivity contribution is 5.83. The van der Waals surface area contributed by atoms with E-state index in [1.807, 2.05) is 37.3 Å². The zero-order valence-corrected chi connectivity index (χ0v) is 11.0. The molecule has 0 bridgehead atoms. The van der Waals surface area contributed by atoms with Crippen LogP contribution in [0.1, 0.15) is 32.3 Å². The Balaban J connectivity index is 3.05. The predicted octanol–water partition coefficient (Wildman–Crippen LogP) is 2.11. The van der Waals surface area contributed by atoms with Crippen molar-refractivity contribution < 1.29 is 14.7 Å². The van der Waals surface area contributed by atoms with Crippen LogP contribution >= 0.6 is 0 Å². The Morgan fingerprint density at radius 2 is 1.83 bits per heavy atom. The molecular formula is C14H19NO3. The maximum absolute atomic E-state index is 11.5. The van der Waals surface area contributed by atoms with Gasteiger partial charge in [0.2, 0.25) is 5.91 Å². The molecule has 1 amide bonds. The van der Waals surface area contributed by atoms with Crippen LogP contribution in [0.2, 0.25) is 0 Å². The van der Waals surface area contributed by atoms with Gasteiger partial charge in [-0.3, -0.25) is 4.79 Å². The van der Waals surface area contributed by atoms with Gasteiger partial charge in [-0.1, -0.05) is 37.3 Å². The molecule has 2 atom stereocenters. The minimum Gasteiger partial charge on any atom is -0.480 e. The molecule has 98 valence electrons. The molecule has 0 aliphatic rings. The SMILES string of the molecule is CCN(C(C)=O)C(C(=O)O)C(C)c1ccccc1. The Morgan fingerprint density at radius 1 is 1.28 bits per heavy atom. The Bertz CT molecular complexity index is 416. The number of amides is 1. The van der Waals surface area contributed by atoms with Gasteiger partial charge in [-0.2, -0.15) is 0 Å². The number of hydrogen-bond donors (Lipinski definition) is 1. The number of carboxylic acids is 1. The average molecular weight is 249 g/mol. The molecule has 0 spiro atoms. The van der Waals surface area contributed by atoms with Crippen LogP contribution in [-0.2, 0) is 9.59 Å². The lowest BCUT2D eigenvalue weighted by molar-refractivity contribution is -0.150. The Labute approximate surface area is 107 Å². The molecule has 1 N–H and O–H groups in total. The van der Waals surface area contributed by atoms with Crippen molar-refractivity contribution in [2.45, 2.75) is 32.7 Å². The van der Waals surface area contributed by atoms with E-state index < -0.39 is 12.0 Å². The lowest BCUT2D eigenvalue weighted by atomic mass is 9.92. The van der Waals surface area contributed by atoms with Gasteiger partial charge in [-0.25, -0.2) is 4.79 Å². The Morgan fingerprint density at radius 3 is 2.22 bits per heavy atom. The van der Waals surface area contributed by atoms with E-state index in [9.17, 15) is 14.7 Å². The normalized spacial score (nSPS) is 13.7. The third-order valence-corrected chi connectivity index (χ3v) is 3.13. The lowest BCUT2D eigenvalue weighted by Crippen LogP contribution is -2.46. The van der Waals surface area contributed by atoms with Gasteiger partial charge in [0.25, 0.3) is 0 Å². The summed E-state index contributed by atoms with van der Waals surface area (Å²) < 4.78 is 0. The van der Waals surface area contributed by atoms with Crippen molar-refractivity contribution >= 4 is 11.9 Å². The Kier molecular flexibility index (Phi) is 4.89. The number of rotatable bonds is 5. The van der Waals surface area contributed by atoms with Crippen LogP contribution in [0.25, 0.3) is 0 Å².